The highest BCUT2D eigenvalue weighted by Gasteiger charge is 1.80. The summed E-state index contributed by atoms with van der Waals surface area (Å²) in [6.07, 6.45) is 2.80. The molecule has 1 aromatic carbocycles. The van der Waals surface area contributed by atoms with Gasteiger partial charge in [0, 0.05) is 6.20 Å². The normalized spacial score (nSPS) is 8.87. The molecule has 0 unspecified atom stereocenters. The van der Waals surface area contributed by atoms with Crippen molar-refractivity contribution < 1.29 is 0 Å². The number of aryl methyl sites for hydroxylation is 1. The molecule has 1 aromatic heterocycles. The van der Waals surface area contributed by atoms with Crippen molar-refractivity contribution in [2.75, 3.05) is 5.73 Å². The summed E-state index contributed by atoms with van der Waals surface area (Å²) in [5, 5.41) is 0. The Labute approximate surface area is 90.8 Å². The van der Waals surface area contributed by atoms with Crippen LogP contribution in [0.5, 0.6) is 0 Å². The van der Waals surface area contributed by atoms with Crippen molar-refractivity contribution in [3.63, 3.8) is 0 Å². The minimum Gasteiger partial charge on any atom is -0.384 e. The molecule has 2 nitrogen and oxygen atoms in total. The van der Waals surface area contributed by atoms with Gasteiger partial charge in [0.05, 0.1) is 0 Å². The van der Waals surface area contributed by atoms with E-state index in [4.69, 9.17) is 5.73 Å². The third-order valence-corrected chi connectivity index (χ3v) is 1.94. The van der Waals surface area contributed by atoms with Crippen LogP contribution < -0.4 is 5.73 Å². The average molecular weight is 200 g/mol. The molecular weight excluding hydrogens is 184 g/mol. The standard InChI is InChI=1S/C8H10.C5H6N2/c1-2-8-6-4-3-5-7-8;6-5-3-1-2-4-7-5/h3-7H,2H2,1H3;1-4H,(H2,6,7). The van der Waals surface area contributed by atoms with Crippen LogP contribution in [0.15, 0.2) is 54.7 Å². The van der Waals surface area contributed by atoms with Crippen LogP contribution in [0.3, 0.4) is 0 Å². The number of nitrogens with zero attached hydrogens (tertiary/aromatic N) is 1. The van der Waals surface area contributed by atoms with Crippen LogP contribution >= 0.6 is 0 Å². The summed E-state index contributed by atoms with van der Waals surface area (Å²) in [5.41, 5.74) is 6.66. The molecule has 0 bridgehead atoms. The highest BCUT2D eigenvalue weighted by molar-refractivity contribution is 5.25. The molecule has 2 rings (SSSR count). The highest BCUT2D eigenvalue weighted by atomic mass is 14.8. The van der Waals surface area contributed by atoms with Crippen LogP contribution in [0.2, 0.25) is 0 Å². The van der Waals surface area contributed by atoms with Crippen molar-refractivity contribution in [1.29, 1.82) is 0 Å². The molecule has 0 aliphatic heterocycles. The Morgan fingerprint density at radius 1 is 1.00 bits per heavy atom. The Kier molecular flexibility index (Phi) is 4.95. The number of nitrogen functional groups attached to an aromatic ring is 1. The quantitative estimate of drug-likeness (QED) is 0.768. The molecule has 2 aromatic rings. The van der Waals surface area contributed by atoms with Gasteiger partial charge in [0.15, 0.2) is 0 Å². The molecule has 2 heteroatoms. The zero-order valence-electron chi connectivity index (χ0n) is 8.93. The molecule has 0 aliphatic rings. The van der Waals surface area contributed by atoms with Crippen molar-refractivity contribution >= 4 is 5.82 Å². The van der Waals surface area contributed by atoms with Gasteiger partial charge in [-0.1, -0.05) is 43.3 Å². The van der Waals surface area contributed by atoms with E-state index in [1.807, 2.05) is 18.2 Å². The van der Waals surface area contributed by atoms with Gasteiger partial charge in [-0.2, -0.15) is 0 Å². The molecule has 0 saturated heterocycles. The second-order valence-corrected chi connectivity index (χ2v) is 3.09. The Bertz CT molecular complexity index is 357. The SMILES string of the molecule is CCc1ccccc1.Nc1ccccn1. The lowest BCUT2D eigenvalue weighted by Crippen LogP contribution is -1.85. The van der Waals surface area contributed by atoms with Crippen LogP contribution in [0, 0.1) is 0 Å². The Morgan fingerprint density at radius 2 is 1.67 bits per heavy atom. The minimum absolute atomic E-state index is 0.572. The van der Waals surface area contributed by atoms with Crippen molar-refractivity contribution in [1.82, 2.24) is 4.98 Å². The van der Waals surface area contributed by atoms with Gasteiger partial charge in [-0.25, -0.2) is 4.98 Å². The molecule has 15 heavy (non-hydrogen) atoms. The van der Waals surface area contributed by atoms with Crippen molar-refractivity contribution in [2.24, 2.45) is 0 Å². The Balaban J connectivity index is 0.000000151. The average Bonchev–Trinajstić information content (AvgIpc) is 2.32. The summed E-state index contributed by atoms with van der Waals surface area (Å²) < 4.78 is 0. The van der Waals surface area contributed by atoms with Crippen LogP contribution in [0.4, 0.5) is 5.82 Å². The van der Waals surface area contributed by atoms with E-state index in [0.717, 1.165) is 6.42 Å². The molecule has 0 atom stereocenters. The first-order valence-corrected chi connectivity index (χ1v) is 5.03. The minimum atomic E-state index is 0.572. The largest absolute Gasteiger partial charge is 0.384 e. The fourth-order valence-corrected chi connectivity index (χ4v) is 1.09. The zero-order valence-corrected chi connectivity index (χ0v) is 8.93. The number of nitrogens with two attached hydrogens (primary N) is 1. The first kappa shape index (κ1) is 11.2. The highest BCUT2D eigenvalue weighted by Crippen LogP contribution is 1.96. The van der Waals surface area contributed by atoms with Crippen LogP contribution in [0.1, 0.15) is 12.5 Å². The van der Waals surface area contributed by atoms with E-state index in [2.05, 4.69) is 36.2 Å². The first-order chi connectivity index (χ1) is 7.33. The predicted octanol–water partition coefficient (Wildman–Crippen LogP) is 2.91. The van der Waals surface area contributed by atoms with Crippen LogP contribution in [0.25, 0.3) is 0 Å². The van der Waals surface area contributed by atoms with E-state index < -0.39 is 0 Å². The third-order valence-electron chi connectivity index (χ3n) is 1.94. The summed E-state index contributed by atoms with van der Waals surface area (Å²) >= 11 is 0. The number of pyridine rings is 1. The fourth-order valence-electron chi connectivity index (χ4n) is 1.09. The summed E-state index contributed by atoms with van der Waals surface area (Å²) in [5.74, 6) is 0.572. The van der Waals surface area contributed by atoms with E-state index >= 15 is 0 Å². The van der Waals surface area contributed by atoms with Crippen LogP contribution in [-0.4, -0.2) is 4.98 Å². The van der Waals surface area contributed by atoms with Gasteiger partial charge < -0.3 is 5.73 Å². The number of hydrogen-bond donors (Lipinski definition) is 1. The molecule has 0 aliphatic carbocycles. The molecule has 0 fully saturated rings. The number of rotatable bonds is 1. The topological polar surface area (TPSA) is 38.9 Å². The summed E-state index contributed by atoms with van der Waals surface area (Å²) in [6.45, 7) is 2.16. The number of aromatic nitrogens is 1. The number of anilines is 1. The summed E-state index contributed by atoms with van der Waals surface area (Å²) in [6, 6.07) is 15.9. The molecule has 0 amide bonds. The number of benzene rings is 1. The van der Waals surface area contributed by atoms with Gasteiger partial charge in [0.25, 0.3) is 0 Å². The van der Waals surface area contributed by atoms with E-state index in [1.165, 1.54) is 5.56 Å². The van der Waals surface area contributed by atoms with Gasteiger partial charge in [-0.05, 0) is 24.1 Å². The molecule has 1 heterocycles. The number of hydrogen-bond acceptors (Lipinski definition) is 2. The van der Waals surface area contributed by atoms with E-state index in [1.54, 1.807) is 12.3 Å². The van der Waals surface area contributed by atoms with Crippen molar-refractivity contribution in [2.45, 2.75) is 13.3 Å². The predicted molar refractivity (Wildman–Crippen MR) is 64.5 cm³/mol. The summed E-state index contributed by atoms with van der Waals surface area (Å²) in [4.78, 5) is 3.76. The van der Waals surface area contributed by atoms with E-state index in [9.17, 15) is 0 Å². The molecule has 0 radical (unpaired) electrons. The van der Waals surface area contributed by atoms with E-state index in [-0.39, 0.29) is 0 Å². The first-order valence-electron chi connectivity index (χ1n) is 5.03. The smallest absolute Gasteiger partial charge is 0.123 e. The lowest BCUT2D eigenvalue weighted by atomic mass is 10.2. The van der Waals surface area contributed by atoms with Gasteiger partial charge in [0.1, 0.15) is 5.82 Å². The fraction of sp³-hybridized carbons (Fsp3) is 0.154. The van der Waals surface area contributed by atoms with Gasteiger partial charge in [0.2, 0.25) is 0 Å². The van der Waals surface area contributed by atoms with E-state index in [0.29, 0.717) is 5.82 Å². The monoisotopic (exact) mass is 200 g/mol. The summed E-state index contributed by atoms with van der Waals surface area (Å²) in [7, 11) is 0. The zero-order chi connectivity index (χ0) is 10.9. The molecule has 2 N–H and O–H groups in total. The van der Waals surface area contributed by atoms with Crippen molar-refractivity contribution in [3.05, 3.63) is 60.3 Å². The molecule has 0 saturated carbocycles. The Hall–Kier alpha value is -1.83. The maximum absolute atomic E-state index is 5.25. The maximum Gasteiger partial charge on any atom is 0.123 e. The van der Waals surface area contributed by atoms with Crippen molar-refractivity contribution in [3.8, 4) is 0 Å². The third kappa shape index (κ3) is 4.81. The van der Waals surface area contributed by atoms with Crippen LogP contribution in [-0.2, 0) is 6.42 Å². The molecular formula is C13H16N2. The lowest BCUT2D eigenvalue weighted by molar-refractivity contribution is 1.14. The molecule has 0 spiro atoms. The molecule has 78 valence electrons. The Morgan fingerprint density at radius 3 is 2.00 bits per heavy atom. The van der Waals surface area contributed by atoms with Gasteiger partial charge in [-0.3, -0.25) is 0 Å². The van der Waals surface area contributed by atoms with Gasteiger partial charge in [-0.15, -0.1) is 0 Å². The second kappa shape index (κ2) is 6.60. The second-order valence-electron chi connectivity index (χ2n) is 3.09. The maximum atomic E-state index is 5.25. The lowest BCUT2D eigenvalue weighted by Gasteiger charge is -1.89. The van der Waals surface area contributed by atoms with Gasteiger partial charge >= 0.3 is 0 Å².